The number of anilines is 1. The summed E-state index contributed by atoms with van der Waals surface area (Å²) >= 11 is 0. The summed E-state index contributed by atoms with van der Waals surface area (Å²) in [7, 11) is 3.38. The molecule has 1 aromatic heterocycles. The maximum absolute atomic E-state index is 11.4. The molecule has 4 nitrogen and oxygen atoms in total. The SMILES string of the molecule is COC(=O)c1ccc(CN(C)c2cccc(C)n2)cc1. The second-order valence-electron chi connectivity index (χ2n) is 4.68. The van der Waals surface area contributed by atoms with Gasteiger partial charge in [0.25, 0.3) is 0 Å². The largest absolute Gasteiger partial charge is 0.465 e. The first kappa shape index (κ1) is 14.1. The van der Waals surface area contributed by atoms with Crippen molar-refractivity contribution in [3.63, 3.8) is 0 Å². The molecule has 0 atom stereocenters. The lowest BCUT2D eigenvalue weighted by Crippen LogP contribution is -2.17. The average Bonchev–Trinajstić information content (AvgIpc) is 2.47. The van der Waals surface area contributed by atoms with Crippen molar-refractivity contribution in [3.05, 3.63) is 59.3 Å². The van der Waals surface area contributed by atoms with Crippen LogP contribution in [0, 0.1) is 6.92 Å². The molecule has 1 heterocycles. The van der Waals surface area contributed by atoms with Crippen LogP contribution >= 0.6 is 0 Å². The summed E-state index contributed by atoms with van der Waals surface area (Å²) in [5, 5.41) is 0. The van der Waals surface area contributed by atoms with E-state index >= 15 is 0 Å². The highest BCUT2D eigenvalue weighted by atomic mass is 16.5. The first-order valence-electron chi connectivity index (χ1n) is 6.42. The first-order valence-corrected chi connectivity index (χ1v) is 6.42. The highest BCUT2D eigenvalue weighted by Gasteiger charge is 2.07. The summed E-state index contributed by atoms with van der Waals surface area (Å²) in [5.41, 5.74) is 2.67. The molecule has 0 fully saturated rings. The van der Waals surface area contributed by atoms with Crippen LogP contribution in [0.4, 0.5) is 5.82 Å². The fraction of sp³-hybridized carbons (Fsp3) is 0.250. The Bertz CT molecular complexity index is 594. The molecule has 0 saturated heterocycles. The van der Waals surface area contributed by atoms with E-state index in [0.29, 0.717) is 5.56 Å². The Labute approximate surface area is 119 Å². The predicted molar refractivity (Wildman–Crippen MR) is 78.9 cm³/mol. The van der Waals surface area contributed by atoms with Gasteiger partial charge < -0.3 is 9.64 Å². The Kier molecular flexibility index (Phi) is 4.35. The number of carbonyl (C=O) groups is 1. The quantitative estimate of drug-likeness (QED) is 0.801. The molecule has 0 amide bonds. The second kappa shape index (κ2) is 6.19. The van der Waals surface area contributed by atoms with E-state index < -0.39 is 0 Å². The van der Waals surface area contributed by atoms with Crippen LogP contribution in [0.1, 0.15) is 21.6 Å². The summed E-state index contributed by atoms with van der Waals surface area (Å²) in [6, 6.07) is 13.4. The number of benzene rings is 1. The number of methoxy groups -OCH3 is 1. The fourth-order valence-electron chi connectivity index (χ4n) is 1.96. The van der Waals surface area contributed by atoms with Gasteiger partial charge in [0, 0.05) is 19.3 Å². The Balaban J connectivity index is 2.08. The van der Waals surface area contributed by atoms with Crippen LogP contribution in [0.2, 0.25) is 0 Å². The van der Waals surface area contributed by atoms with Crippen molar-refractivity contribution in [2.24, 2.45) is 0 Å². The Morgan fingerprint density at radius 1 is 1.20 bits per heavy atom. The van der Waals surface area contributed by atoms with Gasteiger partial charge in [0.2, 0.25) is 0 Å². The molecule has 2 rings (SSSR count). The van der Waals surface area contributed by atoms with Gasteiger partial charge in [0.15, 0.2) is 0 Å². The third-order valence-corrected chi connectivity index (χ3v) is 3.06. The van der Waals surface area contributed by atoms with E-state index in [1.54, 1.807) is 12.1 Å². The van der Waals surface area contributed by atoms with E-state index in [1.807, 2.05) is 44.3 Å². The number of aromatic nitrogens is 1. The monoisotopic (exact) mass is 270 g/mol. The summed E-state index contributed by atoms with van der Waals surface area (Å²) in [5.74, 6) is 0.618. The van der Waals surface area contributed by atoms with Crippen LogP contribution in [0.3, 0.4) is 0 Å². The predicted octanol–water partition coefficient (Wildman–Crippen LogP) is 2.81. The van der Waals surface area contributed by atoms with Crippen LogP contribution in [0.25, 0.3) is 0 Å². The van der Waals surface area contributed by atoms with Gasteiger partial charge in [0.1, 0.15) is 5.82 Å². The van der Waals surface area contributed by atoms with Crippen molar-refractivity contribution in [2.45, 2.75) is 13.5 Å². The fourth-order valence-corrected chi connectivity index (χ4v) is 1.96. The van der Waals surface area contributed by atoms with E-state index in [2.05, 4.69) is 14.6 Å². The number of nitrogens with zero attached hydrogens (tertiary/aromatic N) is 2. The molecule has 0 aliphatic rings. The van der Waals surface area contributed by atoms with Crippen molar-refractivity contribution in [2.75, 3.05) is 19.1 Å². The minimum Gasteiger partial charge on any atom is -0.465 e. The molecule has 1 aromatic carbocycles. The van der Waals surface area contributed by atoms with Crippen molar-refractivity contribution in [1.29, 1.82) is 0 Å². The molecule has 0 unspecified atom stereocenters. The lowest BCUT2D eigenvalue weighted by atomic mass is 10.1. The number of aryl methyl sites for hydroxylation is 1. The Morgan fingerprint density at radius 2 is 1.90 bits per heavy atom. The maximum atomic E-state index is 11.4. The number of ether oxygens (including phenoxy) is 1. The van der Waals surface area contributed by atoms with Crippen LogP contribution in [-0.2, 0) is 11.3 Å². The van der Waals surface area contributed by atoms with Crippen LogP contribution < -0.4 is 4.90 Å². The van der Waals surface area contributed by atoms with Gasteiger partial charge >= 0.3 is 5.97 Å². The summed E-state index contributed by atoms with van der Waals surface area (Å²) in [6.07, 6.45) is 0. The van der Waals surface area contributed by atoms with Crippen molar-refractivity contribution < 1.29 is 9.53 Å². The Hall–Kier alpha value is -2.36. The Morgan fingerprint density at radius 3 is 2.50 bits per heavy atom. The zero-order valence-electron chi connectivity index (χ0n) is 12.0. The van der Waals surface area contributed by atoms with Gasteiger partial charge in [-0.2, -0.15) is 0 Å². The number of esters is 1. The van der Waals surface area contributed by atoms with Gasteiger partial charge in [-0.3, -0.25) is 0 Å². The minimum atomic E-state index is -0.315. The van der Waals surface area contributed by atoms with E-state index in [0.717, 1.165) is 23.6 Å². The zero-order valence-corrected chi connectivity index (χ0v) is 12.0. The summed E-state index contributed by atoms with van der Waals surface area (Å²) < 4.78 is 4.68. The summed E-state index contributed by atoms with van der Waals surface area (Å²) in [6.45, 7) is 2.71. The highest BCUT2D eigenvalue weighted by Crippen LogP contribution is 2.14. The van der Waals surface area contributed by atoms with Gasteiger partial charge in [-0.25, -0.2) is 9.78 Å². The van der Waals surface area contributed by atoms with Crippen molar-refractivity contribution >= 4 is 11.8 Å². The van der Waals surface area contributed by atoms with Gasteiger partial charge in [0.05, 0.1) is 12.7 Å². The minimum absolute atomic E-state index is 0.315. The number of rotatable bonds is 4. The number of pyridine rings is 1. The normalized spacial score (nSPS) is 10.2. The number of hydrogen-bond acceptors (Lipinski definition) is 4. The van der Waals surface area contributed by atoms with E-state index in [-0.39, 0.29) is 5.97 Å². The van der Waals surface area contributed by atoms with E-state index in [4.69, 9.17) is 0 Å². The molecule has 20 heavy (non-hydrogen) atoms. The molecule has 0 spiro atoms. The molecule has 4 heteroatoms. The number of hydrogen-bond donors (Lipinski definition) is 0. The standard InChI is InChI=1S/C16H18N2O2/c1-12-5-4-6-15(17-12)18(2)11-13-7-9-14(10-8-13)16(19)20-3/h4-10H,11H2,1-3H3. The molecule has 0 bridgehead atoms. The third kappa shape index (κ3) is 3.35. The molecule has 104 valence electrons. The topological polar surface area (TPSA) is 42.4 Å². The van der Waals surface area contributed by atoms with Gasteiger partial charge in [-0.05, 0) is 36.8 Å². The molecular weight excluding hydrogens is 252 g/mol. The van der Waals surface area contributed by atoms with Gasteiger partial charge in [-0.1, -0.05) is 18.2 Å². The molecule has 0 aliphatic heterocycles. The lowest BCUT2D eigenvalue weighted by Gasteiger charge is -2.18. The molecule has 0 aliphatic carbocycles. The molecule has 0 saturated carbocycles. The van der Waals surface area contributed by atoms with Crippen LogP contribution in [-0.4, -0.2) is 25.1 Å². The number of carbonyl (C=O) groups excluding carboxylic acids is 1. The lowest BCUT2D eigenvalue weighted by molar-refractivity contribution is 0.0600. The van der Waals surface area contributed by atoms with Crippen LogP contribution in [0.5, 0.6) is 0 Å². The zero-order chi connectivity index (χ0) is 14.5. The first-order chi connectivity index (χ1) is 9.60. The van der Waals surface area contributed by atoms with Gasteiger partial charge in [-0.15, -0.1) is 0 Å². The average molecular weight is 270 g/mol. The summed E-state index contributed by atoms with van der Waals surface area (Å²) in [4.78, 5) is 17.9. The van der Waals surface area contributed by atoms with E-state index in [9.17, 15) is 4.79 Å². The molecular formula is C16H18N2O2. The molecule has 0 N–H and O–H groups in total. The van der Waals surface area contributed by atoms with Crippen molar-refractivity contribution in [1.82, 2.24) is 4.98 Å². The third-order valence-electron chi connectivity index (χ3n) is 3.06. The van der Waals surface area contributed by atoms with E-state index in [1.165, 1.54) is 7.11 Å². The maximum Gasteiger partial charge on any atom is 0.337 e. The second-order valence-corrected chi connectivity index (χ2v) is 4.68. The highest BCUT2D eigenvalue weighted by molar-refractivity contribution is 5.89. The molecule has 2 aromatic rings. The van der Waals surface area contributed by atoms with Crippen molar-refractivity contribution in [3.8, 4) is 0 Å². The van der Waals surface area contributed by atoms with Crippen LogP contribution in [0.15, 0.2) is 42.5 Å². The smallest absolute Gasteiger partial charge is 0.337 e. The molecule has 0 radical (unpaired) electrons.